The Hall–Kier alpha value is -2.84. The highest BCUT2D eigenvalue weighted by Gasteiger charge is 2.21. The zero-order valence-electron chi connectivity index (χ0n) is 12.0. The van der Waals surface area contributed by atoms with Crippen molar-refractivity contribution in [3.63, 3.8) is 0 Å². The van der Waals surface area contributed by atoms with Crippen LogP contribution < -0.4 is 0 Å². The summed E-state index contributed by atoms with van der Waals surface area (Å²) >= 11 is 0. The molecule has 9 heteroatoms. The number of unbranched alkanes of at least 4 members (excludes halogenated alkanes) is 1. The monoisotopic (exact) mass is 305 g/mol. The lowest BCUT2D eigenvalue weighted by atomic mass is 10.2. The summed E-state index contributed by atoms with van der Waals surface area (Å²) in [4.78, 5) is 22.3. The van der Waals surface area contributed by atoms with Gasteiger partial charge in [-0.1, -0.05) is 25.5 Å². The van der Waals surface area contributed by atoms with Gasteiger partial charge in [0, 0.05) is 12.6 Å². The normalized spacial score (nSPS) is 10.4. The van der Waals surface area contributed by atoms with Gasteiger partial charge in [-0.2, -0.15) is 0 Å². The lowest BCUT2D eigenvalue weighted by molar-refractivity contribution is -0.385. The fourth-order valence-electron chi connectivity index (χ4n) is 1.82. The minimum Gasteiger partial charge on any atom is -0.454 e. The number of tetrazole rings is 1. The molecular formula is C13H15N5O4. The highest BCUT2D eigenvalue weighted by molar-refractivity contribution is 5.93. The van der Waals surface area contributed by atoms with Crippen molar-refractivity contribution in [2.75, 3.05) is 0 Å². The van der Waals surface area contributed by atoms with E-state index in [1.165, 1.54) is 24.3 Å². The average Bonchev–Trinajstić information content (AvgIpc) is 2.97. The lowest BCUT2D eigenvalue weighted by Crippen LogP contribution is -2.12. The first-order chi connectivity index (χ1) is 10.6. The van der Waals surface area contributed by atoms with E-state index < -0.39 is 10.9 Å². The minimum absolute atomic E-state index is 0.0971. The number of aryl methyl sites for hydroxylation is 1. The molecule has 0 aliphatic heterocycles. The largest absolute Gasteiger partial charge is 0.454 e. The number of ether oxygens (including phenoxy) is 1. The number of carbonyl (C=O) groups excluding carboxylic acids is 1. The third-order valence-electron chi connectivity index (χ3n) is 2.98. The third-order valence-corrected chi connectivity index (χ3v) is 2.98. The Labute approximate surface area is 126 Å². The predicted molar refractivity (Wildman–Crippen MR) is 74.9 cm³/mol. The molecule has 0 radical (unpaired) electrons. The first kappa shape index (κ1) is 15.5. The fraction of sp³-hybridized carbons (Fsp3) is 0.385. The molecule has 1 aromatic carbocycles. The Bertz CT molecular complexity index is 670. The number of para-hydroxylation sites is 1. The van der Waals surface area contributed by atoms with Crippen LogP contribution in [0.15, 0.2) is 24.3 Å². The summed E-state index contributed by atoms with van der Waals surface area (Å²) in [6.45, 7) is 2.53. The molecule has 0 aliphatic rings. The van der Waals surface area contributed by atoms with Crippen LogP contribution in [-0.2, 0) is 17.9 Å². The average molecular weight is 305 g/mol. The van der Waals surface area contributed by atoms with Crippen molar-refractivity contribution in [3.8, 4) is 0 Å². The quantitative estimate of drug-likeness (QED) is 0.435. The second-order valence-electron chi connectivity index (χ2n) is 4.52. The number of nitro groups is 1. The fourth-order valence-corrected chi connectivity index (χ4v) is 1.82. The second kappa shape index (κ2) is 7.25. The van der Waals surface area contributed by atoms with E-state index >= 15 is 0 Å². The molecule has 0 aliphatic carbocycles. The van der Waals surface area contributed by atoms with Crippen LogP contribution in [0.1, 0.15) is 35.9 Å². The van der Waals surface area contributed by atoms with Gasteiger partial charge in [0.2, 0.25) is 0 Å². The molecule has 0 saturated heterocycles. The van der Waals surface area contributed by atoms with Crippen LogP contribution in [0.2, 0.25) is 0 Å². The molecule has 0 fully saturated rings. The molecule has 22 heavy (non-hydrogen) atoms. The standard InChI is InChI=1S/C13H15N5O4/c1-2-3-8-17-12(14-15-16-17)9-22-13(19)10-6-4-5-7-11(10)18(20)21/h4-7H,2-3,8-9H2,1H3. The number of hydrogen-bond acceptors (Lipinski definition) is 7. The van der Waals surface area contributed by atoms with Gasteiger partial charge in [-0.05, 0) is 22.9 Å². The van der Waals surface area contributed by atoms with Crippen molar-refractivity contribution in [1.82, 2.24) is 20.2 Å². The summed E-state index contributed by atoms with van der Waals surface area (Å²) in [6, 6.07) is 5.62. The molecule has 1 aromatic heterocycles. The van der Waals surface area contributed by atoms with Crippen molar-refractivity contribution in [2.24, 2.45) is 0 Å². The van der Waals surface area contributed by atoms with Crippen LogP contribution in [0.25, 0.3) is 0 Å². The zero-order chi connectivity index (χ0) is 15.9. The Morgan fingerprint density at radius 3 is 2.91 bits per heavy atom. The Morgan fingerprint density at radius 1 is 1.41 bits per heavy atom. The van der Waals surface area contributed by atoms with Crippen molar-refractivity contribution in [3.05, 3.63) is 45.8 Å². The number of rotatable bonds is 7. The maximum atomic E-state index is 12.0. The molecule has 0 saturated carbocycles. The van der Waals surface area contributed by atoms with Crippen LogP contribution in [-0.4, -0.2) is 31.1 Å². The number of benzene rings is 1. The molecule has 2 aromatic rings. The van der Waals surface area contributed by atoms with Crippen LogP contribution in [0.5, 0.6) is 0 Å². The van der Waals surface area contributed by atoms with E-state index in [-0.39, 0.29) is 17.9 Å². The van der Waals surface area contributed by atoms with Gasteiger partial charge in [0.15, 0.2) is 12.4 Å². The Balaban J connectivity index is 2.05. The van der Waals surface area contributed by atoms with Gasteiger partial charge in [0.25, 0.3) is 5.69 Å². The predicted octanol–water partition coefficient (Wildman–Crippen LogP) is 1.74. The zero-order valence-corrected chi connectivity index (χ0v) is 12.0. The molecule has 2 rings (SSSR count). The van der Waals surface area contributed by atoms with Crippen molar-refractivity contribution >= 4 is 11.7 Å². The summed E-state index contributed by atoms with van der Waals surface area (Å²) in [5.74, 6) is -0.377. The Morgan fingerprint density at radius 2 is 2.18 bits per heavy atom. The molecule has 0 atom stereocenters. The summed E-state index contributed by atoms with van der Waals surface area (Å²) < 4.78 is 6.63. The smallest absolute Gasteiger partial charge is 0.345 e. The number of carbonyl (C=O) groups is 1. The van der Waals surface area contributed by atoms with Crippen LogP contribution >= 0.6 is 0 Å². The lowest BCUT2D eigenvalue weighted by Gasteiger charge is -2.06. The van der Waals surface area contributed by atoms with E-state index in [1.54, 1.807) is 4.68 Å². The van der Waals surface area contributed by atoms with E-state index in [2.05, 4.69) is 15.5 Å². The van der Waals surface area contributed by atoms with Crippen LogP contribution in [0, 0.1) is 10.1 Å². The third kappa shape index (κ3) is 3.62. The molecule has 1 heterocycles. The molecule has 9 nitrogen and oxygen atoms in total. The maximum absolute atomic E-state index is 12.0. The summed E-state index contributed by atoms with van der Waals surface area (Å²) in [5, 5.41) is 22.0. The SMILES string of the molecule is CCCCn1nnnc1COC(=O)c1ccccc1[N+](=O)[O-]. The highest BCUT2D eigenvalue weighted by atomic mass is 16.6. The maximum Gasteiger partial charge on any atom is 0.345 e. The minimum atomic E-state index is -0.780. The van der Waals surface area contributed by atoms with Gasteiger partial charge in [-0.25, -0.2) is 9.48 Å². The summed E-state index contributed by atoms with van der Waals surface area (Å²) in [5.41, 5.74) is -0.391. The van der Waals surface area contributed by atoms with Crippen molar-refractivity contribution < 1.29 is 14.5 Å². The molecule has 0 amide bonds. The van der Waals surface area contributed by atoms with Crippen LogP contribution in [0.3, 0.4) is 0 Å². The van der Waals surface area contributed by atoms with E-state index in [1.807, 2.05) is 6.92 Å². The first-order valence-corrected chi connectivity index (χ1v) is 6.79. The molecule has 0 unspecified atom stereocenters. The molecule has 116 valence electrons. The van der Waals surface area contributed by atoms with Gasteiger partial charge in [-0.3, -0.25) is 10.1 Å². The highest BCUT2D eigenvalue weighted by Crippen LogP contribution is 2.18. The number of aromatic nitrogens is 4. The molecule has 0 spiro atoms. The molecular weight excluding hydrogens is 290 g/mol. The van der Waals surface area contributed by atoms with E-state index in [4.69, 9.17) is 4.74 Å². The number of nitrogens with zero attached hydrogens (tertiary/aromatic N) is 5. The van der Waals surface area contributed by atoms with Gasteiger partial charge in [-0.15, -0.1) is 5.10 Å². The molecule has 0 N–H and O–H groups in total. The Kier molecular flexibility index (Phi) is 5.12. The summed E-state index contributed by atoms with van der Waals surface area (Å²) in [7, 11) is 0. The van der Waals surface area contributed by atoms with Gasteiger partial charge >= 0.3 is 5.97 Å². The van der Waals surface area contributed by atoms with Crippen molar-refractivity contribution in [2.45, 2.75) is 32.9 Å². The number of nitro benzene ring substituents is 1. The second-order valence-corrected chi connectivity index (χ2v) is 4.52. The van der Waals surface area contributed by atoms with Gasteiger partial charge in [0.05, 0.1) is 4.92 Å². The summed E-state index contributed by atoms with van der Waals surface area (Å²) in [6.07, 6.45) is 1.88. The van der Waals surface area contributed by atoms with Crippen LogP contribution in [0.4, 0.5) is 5.69 Å². The molecule has 0 bridgehead atoms. The van der Waals surface area contributed by atoms with Gasteiger partial charge < -0.3 is 4.74 Å². The van der Waals surface area contributed by atoms with E-state index in [0.29, 0.717) is 12.4 Å². The van der Waals surface area contributed by atoms with Crippen molar-refractivity contribution in [1.29, 1.82) is 0 Å². The van der Waals surface area contributed by atoms with E-state index in [9.17, 15) is 14.9 Å². The van der Waals surface area contributed by atoms with Gasteiger partial charge in [0.1, 0.15) is 5.56 Å². The topological polar surface area (TPSA) is 113 Å². The number of hydrogen-bond donors (Lipinski definition) is 0. The van der Waals surface area contributed by atoms with E-state index in [0.717, 1.165) is 12.8 Å². The number of esters is 1. The first-order valence-electron chi connectivity index (χ1n) is 6.79.